The van der Waals surface area contributed by atoms with E-state index in [0.29, 0.717) is 0 Å². The first-order valence-electron chi connectivity index (χ1n) is 2.33. The molecule has 5 heteroatoms. The third-order valence-corrected chi connectivity index (χ3v) is 0.867. The van der Waals surface area contributed by atoms with Gasteiger partial charge in [-0.15, -0.1) is 6.58 Å². The zero-order valence-electron chi connectivity index (χ0n) is 4.96. The molecule has 0 fully saturated rings. The topological polar surface area (TPSA) is 17.1 Å². The number of allylic oxidation sites excluding steroid dienone is 1. The Morgan fingerprint density at radius 3 is 2.00 bits per heavy atom. The van der Waals surface area contributed by atoms with Crippen LogP contribution >= 0.6 is 0 Å². The Hall–Kier alpha value is -0.583. The second-order valence-electron chi connectivity index (χ2n) is 1.70. The summed E-state index contributed by atoms with van der Waals surface area (Å²) in [5.41, 5.74) is 0. The van der Waals surface area contributed by atoms with Gasteiger partial charge in [0.1, 0.15) is 0 Å². The van der Waals surface area contributed by atoms with Crippen molar-refractivity contribution in [2.75, 3.05) is 0 Å². The Bertz CT molecular complexity index is 161. The Morgan fingerprint density at radius 2 is 1.90 bits per heavy atom. The van der Waals surface area contributed by atoms with Gasteiger partial charge in [0.25, 0.3) is 0 Å². The fourth-order valence-electron chi connectivity index (χ4n) is 0.294. The first kappa shape index (κ1) is 9.42. The first-order valence-corrected chi connectivity index (χ1v) is 2.83. The van der Waals surface area contributed by atoms with Gasteiger partial charge in [-0.25, -0.2) is 0 Å². The lowest BCUT2D eigenvalue weighted by Gasteiger charge is -2.02. The largest absolute Gasteiger partial charge is 0.450 e. The zero-order chi connectivity index (χ0) is 8.36. The van der Waals surface area contributed by atoms with Crippen molar-refractivity contribution < 1.29 is 18.0 Å². The summed E-state index contributed by atoms with van der Waals surface area (Å²) < 4.78 is 34.2. The summed E-state index contributed by atoms with van der Waals surface area (Å²) >= 11 is 0. The zero-order valence-corrected chi connectivity index (χ0v) is 5.96. The highest BCUT2D eigenvalue weighted by molar-refractivity contribution is 6.23. The maximum Gasteiger partial charge on any atom is 0.450 e. The maximum absolute atomic E-state index is 11.4. The summed E-state index contributed by atoms with van der Waals surface area (Å²) in [4.78, 5) is 10.1. The van der Waals surface area contributed by atoms with E-state index in [1.165, 1.54) is 0 Å². The normalized spacial score (nSPS) is 11.2. The molecule has 0 bridgehead atoms. The summed E-state index contributed by atoms with van der Waals surface area (Å²) in [6.07, 6.45) is -5.43. The third-order valence-electron chi connectivity index (χ3n) is 0.690. The molecule has 0 spiro atoms. The van der Waals surface area contributed by atoms with E-state index in [4.69, 9.17) is 0 Å². The van der Waals surface area contributed by atoms with Crippen molar-refractivity contribution in [3.63, 3.8) is 0 Å². The van der Waals surface area contributed by atoms with Gasteiger partial charge in [0.15, 0.2) is 0 Å². The van der Waals surface area contributed by atoms with Crippen molar-refractivity contribution in [3.05, 3.63) is 11.8 Å². The highest BCUT2D eigenvalue weighted by atomic mass is 28.1. The van der Waals surface area contributed by atoms with Gasteiger partial charge in [-0.2, -0.15) is 13.2 Å². The van der Waals surface area contributed by atoms with Gasteiger partial charge in [-0.3, -0.25) is 4.79 Å². The number of rotatable bonds is 2. The minimum absolute atomic E-state index is 0.0299. The average molecular weight is 165 g/mol. The molecular weight excluding hydrogens is 161 g/mol. The predicted octanol–water partition coefficient (Wildman–Crippen LogP) is 1.19. The van der Waals surface area contributed by atoms with E-state index in [1.54, 1.807) is 0 Å². The number of alkyl halides is 3. The van der Waals surface area contributed by atoms with Gasteiger partial charge in [0.2, 0.25) is 5.78 Å². The van der Waals surface area contributed by atoms with Gasteiger partial charge in [0, 0.05) is 6.42 Å². The molecule has 10 heavy (non-hydrogen) atoms. The van der Waals surface area contributed by atoms with Crippen LogP contribution in [0.2, 0.25) is 0 Å². The van der Waals surface area contributed by atoms with Crippen LogP contribution in [0.15, 0.2) is 11.8 Å². The number of ketones is 1. The quantitative estimate of drug-likeness (QED) is 0.562. The van der Waals surface area contributed by atoms with Crippen LogP contribution in [-0.4, -0.2) is 22.2 Å². The van der Waals surface area contributed by atoms with Gasteiger partial charge in [0.05, 0.1) is 10.2 Å². The number of carbonyl (C=O) groups excluding carboxylic acids is 1. The van der Waals surface area contributed by atoms with Crippen LogP contribution in [0.1, 0.15) is 6.42 Å². The van der Waals surface area contributed by atoms with E-state index in [0.717, 1.165) is 0 Å². The van der Waals surface area contributed by atoms with Crippen LogP contribution in [0.4, 0.5) is 13.2 Å². The smallest absolute Gasteiger partial charge is 0.289 e. The van der Waals surface area contributed by atoms with Crippen LogP contribution in [0.25, 0.3) is 0 Å². The maximum atomic E-state index is 11.4. The fourth-order valence-corrected chi connectivity index (χ4v) is 0.455. The van der Waals surface area contributed by atoms with Crippen molar-refractivity contribution >= 4 is 16.0 Å². The van der Waals surface area contributed by atoms with Crippen LogP contribution in [-0.2, 0) is 4.79 Å². The monoisotopic (exact) mass is 165 g/mol. The summed E-state index contributed by atoms with van der Waals surface area (Å²) in [5, 5.41) is 0.0299. The van der Waals surface area contributed by atoms with E-state index in [9.17, 15) is 18.0 Å². The van der Waals surface area contributed by atoms with Crippen LogP contribution in [0.5, 0.6) is 0 Å². The Kier molecular flexibility index (Phi) is 2.83. The lowest BCUT2D eigenvalue weighted by Crippen LogP contribution is -2.22. The number of hydrogen-bond acceptors (Lipinski definition) is 1. The van der Waals surface area contributed by atoms with Crippen LogP contribution < -0.4 is 0 Å². The van der Waals surface area contributed by atoms with E-state index in [1.807, 2.05) is 0 Å². The Morgan fingerprint density at radius 1 is 1.50 bits per heavy atom. The predicted molar refractivity (Wildman–Crippen MR) is 30.6 cm³/mol. The third kappa shape index (κ3) is 3.44. The summed E-state index contributed by atoms with van der Waals surface area (Å²) in [6, 6.07) is 0. The van der Waals surface area contributed by atoms with E-state index in [-0.39, 0.29) is 5.20 Å². The molecule has 0 unspecified atom stereocenters. The SMILES string of the molecule is C=C([Si])CC(=O)C(F)(F)F. The van der Waals surface area contributed by atoms with Crippen molar-refractivity contribution in [2.45, 2.75) is 12.6 Å². The molecule has 0 heterocycles. The molecule has 0 aliphatic rings. The number of hydrogen-bond donors (Lipinski definition) is 0. The van der Waals surface area contributed by atoms with Crippen molar-refractivity contribution in [2.24, 2.45) is 0 Å². The molecule has 0 aromatic heterocycles. The second-order valence-corrected chi connectivity index (χ2v) is 2.41. The molecule has 0 rings (SSSR count). The summed E-state index contributed by atoms with van der Waals surface area (Å²) in [6.45, 7) is 3.10. The molecule has 1 nitrogen and oxygen atoms in total. The van der Waals surface area contributed by atoms with E-state index >= 15 is 0 Å². The summed E-state index contributed by atoms with van der Waals surface area (Å²) in [7, 11) is 2.70. The highest BCUT2D eigenvalue weighted by Crippen LogP contribution is 2.18. The molecule has 0 aromatic carbocycles. The minimum Gasteiger partial charge on any atom is -0.289 e. The Balaban J connectivity index is 3.99. The van der Waals surface area contributed by atoms with Gasteiger partial charge < -0.3 is 0 Å². The number of carbonyl (C=O) groups is 1. The fraction of sp³-hybridized carbons (Fsp3) is 0.400. The minimum atomic E-state index is -4.74. The molecular formula is C5H4F3OSi. The van der Waals surface area contributed by atoms with Crippen LogP contribution in [0, 0.1) is 0 Å². The molecule has 0 amide bonds. The number of Topliss-reactive ketones (excluding diaryl/α,β-unsaturated/α-hetero) is 1. The van der Waals surface area contributed by atoms with Gasteiger partial charge in [-0.1, -0.05) is 5.20 Å². The van der Waals surface area contributed by atoms with E-state index in [2.05, 4.69) is 16.8 Å². The van der Waals surface area contributed by atoms with Gasteiger partial charge in [-0.05, 0) is 0 Å². The number of halogens is 3. The highest BCUT2D eigenvalue weighted by Gasteiger charge is 2.37. The molecule has 0 aliphatic carbocycles. The van der Waals surface area contributed by atoms with Crippen LogP contribution in [0.3, 0.4) is 0 Å². The first-order chi connectivity index (χ1) is 4.34. The average Bonchev–Trinajstić information content (AvgIpc) is 1.60. The van der Waals surface area contributed by atoms with Crippen molar-refractivity contribution in [3.8, 4) is 0 Å². The molecule has 0 atom stereocenters. The van der Waals surface area contributed by atoms with E-state index < -0.39 is 18.4 Å². The van der Waals surface area contributed by atoms with Gasteiger partial charge >= 0.3 is 6.18 Å². The lowest BCUT2D eigenvalue weighted by atomic mass is 10.3. The Labute approximate surface area is 59.3 Å². The standard InChI is InChI=1S/C5H4F3OSi/c1-3(10)2-4(9)5(6,7)8/h1-2H2. The molecule has 3 radical (unpaired) electrons. The lowest BCUT2D eigenvalue weighted by molar-refractivity contribution is -0.170. The molecule has 0 aromatic rings. The van der Waals surface area contributed by atoms with Crippen molar-refractivity contribution in [1.82, 2.24) is 0 Å². The van der Waals surface area contributed by atoms with Crippen molar-refractivity contribution in [1.29, 1.82) is 0 Å². The molecule has 0 saturated heterocycles. The molecule has 0 saturated carbocycles. The molecule has 55 valence electrons. The summed E-state index contributed by atoms with van der Waals surface area (Å²) in [5.74, 6) is -1.78. The second kappa shape index (κ2) is 3.00. The molecule has 0 N–H and O–H groups in total. The molecule has 0 aliphatic heterocycles.